The van der Waals surface area contributed by atoms with Gasteiger partial charge in [0.05, 0.1) is 6.10 Å². The average Bonchev–Trinajstić information content (AvgIpc) is 2.84. The number of aryl methyl sites for hydroxylation is 3. The van der Waals surface area contributed by atoms with Crippen LogP contribution in [0.5, 0.6) is 5.75 Å². The Morgan fingerprint density at radius 2 is 1.68 bits per heavy atom. The van der Waals surface area contributed by atoms with Gasteiger partial charge in [0.25, 0.3) is 5.91 Å². The Balaban J connectivity index is 2.15. The van der Waals surface area contributed by atoms with Crippen molar-refractivity contribution in [3.63, 3.8) is 0 Å². The minimum Gasteiger partial charge on any atom is -0.484 e. The molecule has 2 rings (SSSR count). The SMILES string of the molecule is CCC(CC)(Cc1ccc(OCC(=O)NCC(=O)O)c(C)c1)c1ccc(CCC(O)C(C)(C)C)c(C)c1. The molecule has 0 aliphatic carbocycles. The van der Waals surface area contributed by atoms with Crippen LogP contribution < -0.4 is 10.1 Å². The van der Waals surface area contributed by atoms with Gasteiger partial charge in [0.15, 0.2) is 6.61 Å². The molecule has 1 amide bonds. The van der Waals surface area contributed by atoms with Crippen LogP contribution in [0.1, 0.15) is 81.7 Å². The molecule has 0 saturated carbocycles. The number of carbonyl (C=O) groups is 2. The first-order valence-corrected chi connectivity index (χ1v) is 13.3. The number of nitrogens with one attached hydrogen (secondary N) is 1. The second-order valence-electron chi connectivity index (χ2n) is 11.3. The van der Waals surface area contributed by atoms with Crippen LogP contribution in [0, 0.1) is 19.3 Å². The second kappa shape index (κ2) is 13.1. The maximum Gasteiger partial charge on any atom is 0.322 e. The highest BCUT2D eigenvalue weighted by Gasteiger charge is 2.29. The summed E-state index contributed by atoms with van der Waals surface area (Å²) < 4.78 is 5.62. The fourth-order valence-corrected chi connectivity index (χ4v) is 4.78. The highest BCUT2D eigenvalue weighted by molar-refractivity contribution is 5.82. The van der Waals surface area contributed by atoms with E-state index in [0.29, 0.717) is 5.75 Å². The van der Waals surface area contributed by atoms with Crippen LogP contribution in [0.15, 0.2) is 36.4 Å². The van der Waals surface area contributed by atoms with Gasteiger partial charge in [0, 0.05) is 0 Å². The molecule has 0 aliphatic heterocycles. The third-order valence-electron chi connectivity index (χ3n) is 7.57. The molecule has 6 heteroatoms. The lowest BCUT2D eigenvalue weighted by Gasteiger charge is -2.34. The zero-order chi connectivity index (χ0) is 27.8. The van der Waals surface area contributed by atoms with Crippen LogP contribution in [0.2, 0.25) is 0 Å². The number of aliphatic carboxylic acids is 1. The van der Waals surface area contributed by atoms with Gasteiger partial charge in [-0.3, -0.25) is 9.59 Å². The molecule has 204 valence electrons. The van der Waals surface area contributed by atoms with Crippen molar-refractivity contribution in [2.45, 2.75) is 92.1 Å². The van der Waals surface area contributed by atoms with E-state index in [0.717, 1.165) is 37.7 Å². The molecular formula is C31H45NO5. The Labute approximate surface area is 222 Å². The van der Waals surface area contributed by atoms with Crippen molar-refractivity contribution in [3.05, 3.63) is 64.2 Å². The van der Waals surface area contributed by atoms with Crippen molar-refractivity contribution in [1.29, 1.82) is 0 Å². The first-order valence-electron chi connectivity index (χ1n) is 13.3. The van der Waals surface area contributed by atoms with E-state index < -0.39 is 18.4 Å². The number of carboxylic acid groups (broad SMARTS) is 1. The van der Waals surface area contributed by atoms with Crippen molar-refractivity contribution in [2.24, 2.45) is 5.41 Å². The first kappa shape index (κ1) is 30.4. The number of rotatable bonds is 13. The summed E-state index contributed by atoms with van der Waals surface area (Å²) in [4.78, 5) is 22.4. The minimum absolute atomic E-state index is 0.000253. The van der Waals surface area contributed by atoms with E-state index in [1.807, 2.05) is 19.1 Å². The number of carboxylic acids is 1. The van der Waals surface area contributed by atoms with Gasteiger partial charge in [0.2, 0.25) is 0 Å². The van der Waals surface area contributed by atoms with E-state index in [9.17, 15) is 14.7 Å². The third kappa shape index (κ3) is 8.60. The van der Waals surface area contributed by atoms with E-state index in [1.54, 1.807) is 0 Å². The molecule has 1 unspecified atom stereocenters. The molecule has 3 N–H and O–H groups in total. The van der Waals surface area contributed by atoms with Crippen molar-refractivity contribution in [2.75, 3.05) is 13.2 Å². The Hall–Kier alpha value is -2.86. The average molecular weight is 512 g/mol. The number of amides is 1. The largest absolute Gasteiger partial charge is 0.484 e. The van der Waals surface area contributed by atoms with Crippen molar-refractivity contribution < 1.29 is 24.5 Å². The molecule has 0 saturated heterocycles. The molecule has 0 radical (unpaired) electrons. The fourth-order valence-electron chi connectivity index (χ4n) is 4.78. The highest BCUT2D eigenvalue weighted by Crippen LogP contribution is 2.37. The lowest BCUT2D eigenvalue weighted by Crippen LogP contribution is -2.33. The quantitative estimate of drug-likeness (QED) is 0.329. The smallest absolute Gasteiger partial charge is 0.322 e. The van der Waals surface area contributed by atoms with Gasteiger partial charge < -0.3 is 20.3 Å². The maximum atomic E-state index is 11.8. The molecule has 37 heavy (non-hydrogen) atoms. The van der Waals surface area contributed by atoms with Gasteiger partial charge in [-0.25, -0.2) is 0 Å². The molecule has 2 aromatic rings. The van der Waals surface area contributed by atoms with E-state index in [2.05, 4.69) is 71.1 Å². The predicted octanol–water partition coefficient (Wildman–Crippen LogP) is 5.52. The standard InChI is InChI=1S/C31H45NO5/c1-8-31(9-2,25-13-11-24(21(3)17-25)12-15-27(33)30(5,6)7)18-23-10-14-26(22(4)16-23)37-20-28(34)32-19-29(35)36/h10-11,13-14,16-17,27,33H,8-9,12,15,18-20H2,1-7H3,(H,32,34)(H,35,36). The topological polar surface area (TPSA) is 95.9 Å². The van der Waals surface area contributed by atoms with E-state index >= 15 is 0 Å². The van der Waals surface area contributed by atoms with Gasteiger partial charge >= 0.3 is 5.97 Å². The summed E-state index contributed by atoms with van der Waals surface area (Å²) in [6, 6.07) is 12.9. The molecule has 0 aromatic heterocycles. The summed E-state index contributed by atoms with van der Waals surface area (Å²) in [5, 5.41) is 21.4. The monoisotopic (exact) mass is 511 g/mol. The Morgan fingerprint density at radius 1 is 1.00 bits per heavy atom. The second-order valence-corrected chi connectivity index (χ2v) is 11.3. The molecule has 6 nitrogen and oxygen atoms in total. The summed E-state index contributed by atoms with van der Waals surface area (Å²) in [6.07, 6.45) is 4.20. The Morgan fingerprint density at radius 3 is 2.22 bits per heavy atom. The number of hydrogen-bond acceptors (Lipinski definition) is 4. The van der Waals surface area contributed by atoms with Gasteiger partial charge in [-0.05, 0) is 90.7 Å². The van der Waals surface area contributed by atoms with Crippen LogP contribution in [0.3, 0.4) is 0 Å². The summed E-state index contributed by atoms with van der Waals surface area (Å²) in [6.45, 7) is 14.2. The van der Waals surface area contributed by atoms with Gasteiger partial charge in [-0.1, -0.05) is 65.0 Å². The Bertz CT molecular complexity index is 1070. The molecule has 0 spiro atoms. The van der Waals surface area contributed by atoms with Gasteiger partial charge in [-0.15, -0.1) is 0 Å². The molecule has 0 fully saturated rings. The highest BCUT2D eigenvalue weighted by atomic mass is 16.5. The maximum absolute atomic E-state index is 11.8. The molecular weight excluding hydrogens is 466 g/mol. The summed E-state index contributed by atoms with van der Waals surface area (Å²) in [7, 11) is 0. The van der Waals surface area contributed by atoms with E-state index in [-0.39, 0.29) is 23.5 Å². The molecule has 0 heterocycles. The van der Waals surface area contributed by atoms with Gasteiger partial charge in [-0.2, -0.15) is 0 Å². The molecule has 0 bridgehead atoms. The zero-order valence-corrected chi connectivity index (χ0v) is 23.6. The Kier molecular flexibility index (Phi) is 10.7. The van der Waals surface area contributed by atoms with Crippen LogP contribution in [-0.2, 0) is 27.8 Å². The van der Waals surface area contributed by atoms with Crippen molar-refractivity contribution in [3.8, 4) is 5.75 Å². The predicted molar refractivity (Wildman–Crippen MR) is 148 cm³/mol. The van der Waals surface area contributed by atoms with E-state index in [1.165, 1.54) is 22.3 Å². The number of carbonyl (C=O) groups excluding carboxylic acids is 1. The van der Waals surface area contributed by atoms with Crippen molar-refractivity contribution >= 4 is 11.9 Å². The lowest BCUT2D eigenvalue weighted by molar-refractivity contribution is -0.138. The van der Waals surface area contributed by atoms with E-state index in [4.69, 9.17) is 9.84 Å². The van der Waals surface area contributed by atoms with Crippen LogP contribution >= 0.6 is 0 Å². The number of aliphatic hydroxyl groups excluding tert-OH is 1. The van der Waals surface area contributed by atoms with Crippen LogP contribution in [0.25, 0.3) is 0 Å². The summed E-state index contributed by atoms with van der Waals surface area (Å²) >= 11 is 0. The van der Waals surface area contributed by atoms with Crippen molar-refractivity contribution in [1.82, 2.24) is 5.32 Å². The number of hydrogen-bond donors (Lipinski definition) is 3. The van der Waals surface area contributed by atoms with Crippen LogP contribution in [-0.4, -0.2) is 41.3 Å². The first-order chi connectivity index (χ1) is 17.3. The summed E-state index contributed by atoms with van der Waals surface area (Å²) in [5.74, 6) is -0.938. The number of aliphatic hydroxyl groups is 1. The number of benzene rings is 2. The third-order valence-corrected chi connectivity index (χ3v) is 7.57. The summed E-state index contributed by atoms with van der Waals surface area (Å²) in [5.41, 5.74) is 5.93. The normalized spacial score (nSPS) is 12.8. The molecule has 2 aromatic carbocycles. The van der Waals surface area contributed by atoms with Crippen LogP contribution in [0.4, 0.5) is 0 Å². The minimum atomic E-state index is -1.09. The lowest BCUT2D eigenvalue weighted by atomic mass is 9.71. The van der Waals surface area contributed by atoms with Gasteiger partial charge in [0.1, 0.15) is 12.3 Å². The fraction of sp³-hybridized carbons (Fsp3) is 0.548. The molecule has 1 atom stereocenters. The zero-order valence-electron chi connectivity index (χ0n) is 23.6. The number of ether oxygens (including phenoxy) is 1. The molecule has 0 aliphatic rings.